The maximum absolute atomic E-state index is 11.4. The molecule has 0 saturated heterocycles. The third kappa shape index (κ3) is 4.40. The van der Waals surface area contributed by atoms with Crippen molar-refractivity contribution in [1.29, 1.82) is 0 Å². The second-order valence-electron chi connectivity index (χ2n) is 5.53. The molecule has 0 bridgehead atoms. The third-order valence-electron chi connectivity index (χ3n) is 3.66. The van der Waals surface area contributed by atoms with Crippen molar-refractivity contribution >= 4 is 27.2 Å². The normalized spacial score (nSPS) is 12.4. The Morgan fingerprint density at radius 2 is 1.92 bits per heavy atom. The zero-order valence-corrected chi connectivity index (χ0v) is 14.4. The number of anilines is 1. The molecule has 0 aliphatic rings. The average Bonchev–Trinajstić information content (AvgIpc) is 2.54. The number of hydrogen-bond acceptors (Lipinski definition) is 6. The molecular formula is C16H17N3O5S. The predicted octanol–water partition coefficient (Wildman–Crippen LogP) is 2.62. The highest BCUT2D eigenvalue weighted by Gasteiger charge is 2.19. The maximum Gasteiger partial charge on any atom is 0.293 e. The number of nitro groups is 1. The number of carbonyl (C=O) groups excluding carboxylic acids is 1. The zero-order chi connectivity index (χ0) is 18.8. The fraction of sp³-hybridized carbons (Fsp3) is 0.188. The van der Waals surface area contributed by atoms with Gasteiger partial charge in [-0.05, 0) is 43.7 Å². The van der Waals surface area contributed by atoms with Crippen molar-refractivity contribution in [2.24, 2.45) is 5.14 Å². The third-order valence-corrected chi connectivity index (χ3v) is 4.57. The Kier molecular flexibility index (Phi) is 5.19. The van der Waals surface area contributed by atoms with E-state index in [1.54, 1.807) is 19.1 Å². The lowest BCUT2D eigenvalue weighted by atomic mass is 10.1. The quantitative estimate of drug-likeness (QED) is 0.460. The number of ketones is 1. The second kappa shape index (κ2) is 6.99. The summed E-state index contributed by atoms with van der Waals surface area (Å²) in [5.74, 6) is -0.274. The topological polar surface area (TPSA) is 132 Å². The summed E-state index contributed by atoms with van der Waals surface area (Å²) in [5, 5.41) is 19.3. The van der Waals surface area contributed by atoms with Crippen LogP contribution in [0.4, 0.5) is 11.4 Å². The number of carbonyl (C=O) groups is 1. The van der Waals surface area contributed by atoms with Gasteiger partial charge in [0.05, 0.1) is 9.82 Å². The number of hydrogen-bond donors (Lipinski definition) is 2. The molecule has 3 N–H and O–H groups in total. The molecule has 2 aromatic carbocycles. The number of primary sulfonamides is 1. The van der Waals surface area contributed by atoms with Crippen LogP contribution in [-0.4, -0.2) is 19.1 Å². The molecule has 1 atom stereocenters. The van der Waals surface area contributed by atoms with Crippen LogP contribution < -0.4 is 10.5 Å². The number of nitrogens with one attached hydrogen (secondary N) is 1. The largest absolute Gasteiger partial charge is 0.373 e. The summed E-state index contributed by atoms with van der Waals surface area (Å²) >= 11 is 0. The van der Waals surface area contributed by atoms with E-state index in [0.29, 0.717) is 5.56 Å². The SMILES string of the molecule is CC(=O)c1ccc(NC(C)c2cccc(S(N)(=O)=O)c2)c([N+](=O)[O-])c1. The first-order valence-corrected chi connectivity index (χ1v) is 8.83. The van der Waals surface area contributed by atoms with Crippen LogP contribution in [0.5, 0.6) is 0 Å². The molecule has 0 spiro atoms. The van der Waals surface area contributed by atoms with Crippen LogP contribution in [0.2, 0.25) is 0 Å². The summed E-state index contributed by atoms with van der Waals surface area (Å²) < 4.78 is 22.9. The van der Waals surface area contributed by atoms with Gasteiger partial charge in [0.25, 0.3) is 5.69 Å². The van der Waals surface area contributed by atoms with E-state index in [2.05, 4.69) is 5.32 Å². The summed E-state index contributed by atoms with van der Waals surface area (Å²) in [7, 11) is -3.84. The summed E-state index contributed by atoms with van der Waals surface area (Å²) in [6.45, 7) is 3.05. The van der Waals surface area contributed by atoms with Gasteiger partial charge < -0.3 is 5.32 Å². The highest BCUT2D eigenvalue weighted by Crippen LogP contribution is 2.30. The lowest BCUT2D eigenvalue weighted by molar-refractivity contribution is -0.384. The molecule has 8 nitrogen and oxygen atoms in total. The molecule has 132 valence electrons. The van der Waals surface area contributed by atoms with Crippen LogP contribution in [-0.2, 0) is 10.0 Å². The minimum absolute atomic E-state index is 0.0416. The molecule has 25 heavy (non-hydrogen) atoms. The van der Waals surface area contributed by atoms with E-state index in [1.165, 1.54) is 37.3 Å². The fourth-order valence-electron chi connectivity index (χ4n) is 2.30. The average molecular weight is 363 g/mol. The Bertz CT molecular complexity index is 941. The Hall–Kier alpha value is -2.78. The van der Waals surface area contributed by atoms with Gasteiger partial charge in [-0.25, -0.2) is 13.6 Å². The molecule has 0 aromatic heterocycles. The predicted molar refractivity (Wildman–Crippen MR) is 93.0 cm³/mol. The first-order chi connectivity index (χ1) is 11.6. The van der Waals surface area contributed by atoms with E-state index in [9.17, 15) is 23.3 Å². The van der Waals surface area contributed by atoms with Crippen molar-refractivity contribution in [2.75, 3.05) is 5.32 Å². The summed E-state index contributed by atoms with van der Waals surface area (Å²) in [5.41, 5.74) is 0.822. The van der Waals surface area contributed by atoms with Crippen molar-refractivity contribution in [3.8, 4) is 0 Å². The van der Waals surface area contributed by atoms with Gasteiger partial charge in [-0.3, -0.25) is 14.9 Å². The van der Waals surface area contributed by atoms with Crippen molar-refractivity contribution in [1.82, 2.24) is 0 Å². The van der Waals surface area contributed by atoms with Crippen molar-refractivity contribution in [2.45, 2.75) is 24.8 Å². The number of nitrogens with two attached hydrogens (primary N) is 1. The molecule has 0 radical (unpaired) electrons. The van der Waals surface area contributed by atoms with Gasteiger partial charge in [-0.15, -0.1) is 0 Å². The Balaban J connectivity index is 2.36. The Morgan fingerprint density at radius 3 is 2.48 bits per heavy atom. The van der Waals surface area contributed by atoms with Gasteiger partial charge in [0.1, 0.15) is 5.69 Å². The standard InChI is InChI=1S/C16H17N3O5S/c1-10(12-4-3-5-14(8-12)25(17,23)24)18-15-7-6-13(11(2)20)9-16(15)19(21)22/h3-10,18H,1-2H3,(H2,17,23,24). The van der Waals surface area contributed by atoms with Crippen LogP contribution in [0.25, 0.3) is 0 Å². The first kappa shape index (κ1) is 18.6. The minimum Gasteiger partial charge on any atom is -0.373 e. The van der Waals surface area contributed by atoms with Crippen molar-refractivity contribution in [3.63, 3.8) is 0 Å². The monoisotopic (exact) mass is 363 g/mol. The molecule has 0 aliphatic heterocycles. The fourth-order valence-corrected chi connectivity index (χ4v) is 2.87. The van der Waals surface area contributed by atoms with Gasteiger partial charge in [0.2, 0.25) is 10.0 Å². The van der Waals surface area contributed by atoms with Gasteiger partial charge >= 0.3 is 0 Å². The Labute approximate surface area is 144 Å². The number of rotatable bonds is 6. The number of sulfonamides is 1. The van der Waals surface area contributed by atoms with Gasteiger partial charge in [-0.1, -0.05) is 12.1 Å². The molecular weight excluding hydrogens is 346 g/mol. The van der Waals surface area contributed by atoms with Crippen molar-refractivity contribution < 1.29 is 18.1 Å². The van der Waals surface area contributed by atoms with Crippen LogP contribution in [0.1, 0.15) is 35.8 Å². The molecule has 0 saturated carbocycles. The smallest absolute Gasteiger partial charge is 0.293 e. The molecule has 0 heterocycles. The summed E-state index contributed by atoms with van der Waals surface area (Å²) in [6, 6.07) is 9.72. The summed E-state index contributed by atoms with van der Waals surface area (Å²) in [6.07, 6.45) is 0. The highest BCUT2D eigenvalue weighted by molar-refractivity contribution is 7.89. The van der Waals surface area contributed by atoms with Gasteiger partial charge in [0.15, 0.2) is 5.78 Å². The number of benzene rings is 2. The molecule has 2 rings (SSSR count). The van der Waals surface area contributed by atoms with Crippen LogP contribution in [0.3, 0.4) is 0 Å². The number of nitro benzene ring substituents is 1. The maximum atomic E-state index is 11.4. The molecule has 0 aliphatic carbocycles. The van der Waals surface area contributed by atoms with E-state index in [0.717, 1.165) is 0 Å². The molecule has 0 amide bonds. The highest BCUT2D eigenvalue weighted by atomic mass is 32.2. The first-order valence-electron chi connectivity index (χ1n) is 7.28. The lowest BCUT2D eigenvalue weighted by Crippen LogP contribution is -2.14. The minimum atomic E-state index is -3.84. The van der Waals surface area contributed by atoms with E-state index >= 15 is 0 Å². The molecule has 9 heteroatoms. The second-order valence-corrected chi connectivity index (χ2v) is 7.09. The lowest BCUT2D eigenvalue weighted by Gasteiger charge is -2.16. The van der Waals surface area contributed by atoms with Gasteiger partial charge in [0, 0.05) is 17.7 Å². The molecule has 0 fully saturated rings. The van der Waals surface area contributed by atoms with E-state index < -0.39 is 21.0 Å². The molecule has 1 unspecified atom stereocenters. The van der Waals surface area contributed by atoms with E-state index in [1.807, 2.05) is 0 Å². The van der Waals surface area contributed by atoms with E-state index in [-0.39, 0.29) is 27.6 Å². The Morgan fingerprint density at radius 1 is 1.24 bits per heavy atom. The van der Waals surface area contributed by atoms with Crippen LogP contribution in [0, 0.1) is 10.1 Å². The molecule has 2 aromatic rings. The zero-order valence-electron chi connectivity index (χ0n) is 13.6. The summed E-state index contributed by atoms with van der Waals surface area (Å²) in [4.78, 5) is 22.0. The van der Waals surface area contributed by atoms with Crippen LogP contribution >= 0.6 is 0 Å². The number of nitrogens with zero attached hydrogens (tertiary/aromatic N) is 1. The van der Waals surface area contributed by atoms with E-state index in [4.69, 9.17) is 5.14 Å². The van der Waals surface area contributed by atoms with Crippen LogP contribution in [0.15, 0.2) is 47.4 Å². The van der Waals surface area contributed by atoms with Crippen molar-refractivity contribution in [3.05, 3.63) is 63.7 Å². The number of Topliss-reactive ketones (excluding diaryl/α,β-unsaturated/α-hetero) is 1. The van der Waals surface area contributed by atoms with Gasteiger partial charge in [-0.2, -0.15) is 0 Å².